The minimum absolute atomic E-state index is 0.205. The summed E-state index contributed by atoms with van der Waals surface area (Å²) in [4.78, 5) is 10.4. The van der Waals surface area contributed by atoms with Crippen LogP contribution < -0.4 is 0 Å². The van der Waals surface area contributed by atoms with Gasteiger partial charge < -0.3 is 10.2 Å². The zero-order valence-electron chi connectivity index (χ0n) is 15.0. The van der Waals surface area contributed by atoms with E-state index in [1.54, 1.807) is 6.26 Å². The average molecular weight is 349 g/mol. The fraction of sp³-hybridized carbons (Fsp3) is 0.944. The Labute approximate surface area is 144 Å². The van der Waals surface area contributed by atoms with E-state index in [0.717, 1.165) is 64.2 Å². The van der Waals surface area contributed by atoms with Crippen LogP contribution in [0.5, 0.6) is 0 Å². The topological polar surface area (TPSA) is 74.6 Å². The number of aliphatic carboxylic acids is 1. The van der Waals surface area contributed by atoms with Crippen molar-refractivity contribution < 1.29 is 19.2 Å². The third-order valence-corrected chi connectivity index (χ3v) is 5.75. The van der Waals surface area contributed by atoms with Crippen LogP contribution >= 0.6 is 0 Å². The van der Waals surface area contributed by atoms with Gasteiger partial charge in [-0.1, -0.05) is 45.4 Å². The van der Waals surface area contributed by atoms with Crippen LogP contribution in [0.2, 0.25) is 0 Å². The molecule has 0 unspecified atom stereocenters. The predicted octanol–water partition coefficient (Wildman–Crippen LogP) is 4.27. The van der Waals surface area contributed by atoms with Gasteiger partial charge in [0.05, 0.1) is 6.10 Å². The molecule has 2 N–H and O–H groups in total. The Hall–Kier alpha value is -0.420. The molecule has 0 aromatic carbocycles. The van der Waals surface area contributed by atoms with Gasteiger partial charge in [0.1, 0.15) is 0 Å². The minimum atomic E-state index is -0.815. The Morgan fingerprint density at radius 3 is 2.09 bits per heavy atom. The summed E-state index contributed by atoms with van der Waals surface area (Å²) in [7, 11) is -0.815. The molecule has 0 saturated heterocycles. The van der Waals surface area contributed by atoms with Crippen LogP contribution in [0.1, 0.15) is 90.4 Å². The Kier molecular flexibility index (Phi) is 14.9. The summed E-state index contributed by atoms with van der Waals surface area (Å²) in [5, 5.41) is 18.7. The minimum Gasteiger partial charge on any atom is -0.481 e. The molecule has 0 radical (unpaired) electrons. The molecule has 0 spiro atoms. The van der Waals surface area contributed by atoms with E-state index in [0.29, 0.717) is 0 Å². The maximum Gasteiger partial charge on any atom is 0.303 e. The largest absolute Gasteiger partial charge is 0.481 e. The number of aliphatic hydroxyl groups is 1. The summed E-state index contributed by atoms with van der Waals surface area (Å²) < 4.78 is 11.8. The predicted molar refractivity (Wildman–Crippen MR) is 97.2 cm³/mol. The van der Waals surface area contributed by atoms with Crippen LogP contribution in [0.4, 0.5) is 0 Å². The van der Waals surface area contributed by atoms with Crippen molar-refractivity contribution in [3.63, 3.8) is 0 Å². The van der Waals surface area contributed by atoms with E-state index < -0.39 is 16.8 Å². The van der Waals surface area contributed by atoms with Gasteiger partial charge in [0.25, 0.3) is 0 Å². The van der Waals surface area contributed by atoms with Crippen LogP contribution in [0.25, 0.3) is 0 Å². The number of rotatable bonds is 16. The number of aliphatic hydroxyl groups excluding tert-OH is 1. The van der Waals surface area contributed by atoms with Gasteiger partial charge in [-0.3, -0.25) is 9.00 Å². The molecule has 0 aliphatic rings. The Morgan fingerprint density at radius 2 is 1.48 bits per heavy atom. The van der Waals surface area contributed by atoms with Gasteiger partial charge in [-0.25, -0.2) is 0 Å². The average Bonchev–Trinajstić information content (AvgIpc) is 2.48. The molecule has 4 nitrogen and oxygen atoms in total. The van der Waals surface area contributed by atoms with Gasteiger partial charge in [-0.2, -0.15) is 0 Å². The van der Waals surface area contributed by atoms with E-state index in [-0.39, 0.29) is 17.8 Å². The van der Waals surface area contributed by atoms with E-state index in [1.165, 1.54) is 12.8 Å². The van der Waals surface area contributed by atoms with E-state index >= 15 is 0 Å². The number of unbranched alkanes of at least 4 members (excludes halogenated alkanes) is 5. The van der Waals surface area contributed by atoms with E-state index in [4.69, 9.17) is 5.11 Å². The van der Waals surface area contributed by atoms with Gasteiger partial charge in [-0.05, 0) is 38.5 Å². The molecule has 0 heterocycles. The maximum atomic E-state index is 11.8. The zero-order chi connectivity index (χ0) is 17.5. The fourth-order valence-electron chi connectivity index (χ4n) is 2.83. The number of carboxylic acids is 1. The third-order valence-electron chi connectivity index (χ3n) is 4.34. The Morgan fingerprint density at radius 1 is 0.913 bits per heavy atom. The van der Waals surface area contributed by atoms with Gasteiger partial charge in [-0.15, -0.1) is 0 Å². The summed E-state index contributed by atoms with van der Waals surface area (Å²) in [6, 6.07) is 0. The Balaban J connectivity index is 3.73. The smallest absolute Gasteiger partial charge is 0.303 e. The van der Waals surface area contributed by atoms with Gasteiger partial charge >= 0.3 is 5.97 Å². The lowest BCUT2D eigenvalue weighted by atomic mass is 10.0. The second-order valence-electron chi connectivity index (χ2n) is 6.55. The molecule has 0 rings (SSSR count). The van der Waals surface area contributed by atoms with Crippen molar-refractivity contribution in [1.29, 1.82) is 0 Å². The quantitative estimate of drug-likeness (QED) is 0.408. The highest BCUT2D eigenvalue weighted by Crippen LogP contribution is 2.17. The summed E-state index contributed by atoms with van der Waals surface area (Å²) in [6.45, 7) is 2.16. The van der Waals surface area contributed by atoms with E-state index in [9.17, 15) is 14.1 Å². The molecule has 0 aromatic rings. The fourth-order valence-corrected chi connectivity index (χ4v) is 3.83. The summed E-state index contributed by atoms with van der Waals surface area (Å²) in [5.41, 5.74) is 0. The van der Waals surface area contributed by atoms with Gasteiger partial charge in [0.2, 0.25) is 0 Å². The molecule has 0 saturated carbocycles. The van der Waals surface area contributed by atoms with Crippen LogP contribution in [-0.2, 0) is 15.6 Å². The highest BCUT2D eigenvalue weighted by Gasteiger charge is 2.13. The zero-order valence-corrected chi connectivity index (χ0v) is 15.8. The second kappa shape index (κ2) is 15.1. The number of hydrogen-bond acceptors (Lipinski definition) is 3. The van der Waals surface area contributed by atoms with Crippen LogP contribution in [-0.4, -0.2) is 38.0 Å². The molecule has 23 heavy (non-hydrogen) atoms. The van der Waals surface area contributed by atoms with E-state index in [1.807, 2.05) is 0 Å². The lowest BCUT2D eigenvalue weighted by Crippen LogP contribution is -2.15. The van der Waals surface area contributed by atoms with Crippen LogP contribution in [0.3, 0.4) is 0 Å². The first-order chi connectivity index (χ1) is 11.0. The first-order valence-electron chi connectivity index (χ1n) is 9.19. The standard InChI is InChI=1S/C18H36O4S/c1-3-4-7-11-16(19)12-10-14-17(23(2)22)13-8-5-6-9-15-18(20)21/h16-17,19H,3-15H2,1-2H3,(H,20,21)/t16-,17+,23-/m0/s1. The molecule has 0 aromatic heterocycles. The highest BCUT2D eigenvalue weighted by atomic mass is 32.2. The first kappa shape index (κ1) is 22.6. The number of carboxylic acid groups (broad SMARTS) is 1. The van der Waals surface area contributed by atoms with Crippen molar-refractivity contribution in [1.82, 2.24) is 0 Å². The second-order valence-corrected chi connectivity index (χ2v) is 8.21. The van der Waals surface area contributed by atoms with Crippen molar-refractivity contribution in [3.8, 4) is 0 Å². The molecule has 0 bridgehead atoms. The number of carbonyl (C=O) groups is 1. The molecule has 0 aliphatic heterocycles. The van der Waals surface area contributed by atoms with E-state index in [2.05, 4.69) is 6.92 Å². The number of hydrogen-bond donors (Lipinski definition) is 2. The van der Waals surface area contributed by atoms with Crippen LogP contribution in [0.15, 0.2) is 0 Å². The Bertz CT molecular complexity index is 320. The molecule has 0 amide bonds. The lowest BCUT2D eigenvalue weighted by Gasteiger charge is -2.16. The van der Waals surface area contributed by atoms with Crippen LogP contribution in [0, 0.1) is 0 Å². The summed E-state index contributed by atoms with van der Waals surface area (Å²) >= 11 is 0. The molecular weight excluding hydrogens is 312 g/mol. The summed E-state index contributed by atoms with van der Waals surface area (Å²) in [5.74, 6) is -0.727. The first-order valence-corrected chi connectivity index (χ1v) is 10.8. The van der Waals surface area contributed by atoms with Crippen molar-refractivity contribution in [2.45, 2.75) is 102 Å². The molecule has 0 fully saturated rings. The van der Waals surface area contributed by atoms with Gasteiger partial charge in [0, 0.05) is 28.7 Å². The lowest BCUT2D eigenvalue weighted by molar-refractivity contribution is -0.137. The van der Waals surface area contributed by atoms with Crippen molar-refractivity contribution in [2.75, 3.05) is 6.26 Å². The maximum absolute atomic E-state index is 11.8. The molecule has 138 valence electrons. The monoisotopic (exact) mass is 348 g/mol. The van der Waals surface area contributed by atoms with Gasteiger partial charge in [0.15, 0.2) is 0 Å². The van der Waals surface area contributed by atoms with Crippen molar-refractivity contribution >= 4 is 16.8 Å². The summed E-state index contributed by atoms with van der Waals surface area (Å²) in [6.07, 6.45) is 13.5. The van der Waals surface area contributed by atoms with Crippen molar-refractivity contribution in [2.24, 2.45) is 0 Å². The molecule has 3 atom stereocenters. The normalized spacial score (nSPS) is 15.3. The molecule has 0 aliphatic carbocycles. The highest BCUT2D eigenvalue weighted by molar-refractivity contribution is 7.84. The third kappa shape index (κ3) is 14.9. The molecular formula is C18H36O4S. The SMILES string of the molecule is CCCCC[C@H](O)CCC[C@@H](CCCCCCC(=O)O)[S@](C)=O. The molecule has 5 heteroatoms. The van der Waals surface area contributed by atoms with Crippen molar-refractivity contribution in [3.05, 3.63) is 0 Å².